The number of amides is 1. The van der Waals surface area contributed by atoms with Crippen molar-refractivity contribution in [1.82, 2.24) is 4.98 Å². The minimum Gasteiger partial charge on any atom is -0.462 e. The van der Waals surface area contributed by atoms with Crippen LogP contribution in [0, 0.1) is 13.8 Å². The zero-order valence-electron chi connectivity index (χ0n) is 16.9. The Morgan fingerprint density at radius 1 is 1.13 bits per heavy atom. The van der Waals surface area contributed by atoms with E-state index < -0.39 is 29.7 Å². The van der Waals surface area contributed by atoms with Gasteiger partial charge in [0.15, 0.2) is 6.10 Å². The molecule has 1 atom stereocenters. The summed E-state index contributed by atoms with van der Waals surface area (Å²) in [6.45, 7) is 6.47. The first-order chi connectivity index (χ1) is 14.1. The zero-order chi connectivity index (χ0) is 22.4. The van der Waals surface area contributed by atoms with E-state index in [1.54, 1.807) is 20.8 Å². The Hall–Kier alpha value is -2.88. The third-order valence-corrected chi connectivity index (χ3v) is 4.84. The molecular formula is C20H22F2N2O5S. The van der Waals surface area contributed by atoms with Crippen molar-refractivity contribution in [1.29, 1.82) is 0 Å². The SMILES string of the molecule is CCOC(=O)c1c(C)[nH]c(C(=O)OC(C)C(=O)Nc2ccc(SC(F)F)cc2)c1C. The molecule has 30 heavy (non-hydrogen) atoms. The topological polar surface area (TPSA) is 97.5 Å². The van der Waals surface area contributed by atoms with Crippen LogP contribution in [-0.2, 0) is 14.3 Å². The molecule has 0 aliphatic heterocycles. The number of rotatable bonds is 8. The average molecular weight is 440 g/mol. The van der Waals surface area contributed by atoms with Gasteiger partial charge in [0.05, 0.1) is 12.2 Å². The number of alkyl halides is 2. The Morgan fingerprint density at radius 2 is 1.77 bits per heavy atom. The minimum atomic E-state index is -2.53. The van der Waals surface area contributed by atoms with Crippen LogP contribution in [0.2, 0.25) is 0 Å². The summed E-state index contributed by atoms with van der Waals surface area (Å²) in [5.41, 5.74) is 1.51. The van der Waals surface area contributed by atoms with Gasteiger partial charge in [-0.2, -0.15) is 8.78 Å². The molecule has 0 spiro atoms. The standard InChI is InChI=1S/C20H22F2N2O5S/c1-5-28-18(26)15-10(2)16(23-11(15)3)19(27)29-12(4)17(25)24-13-6-8-14(9-7-13)30-20(21)22/h6-9,12,20,23H,5H2,1-4H3,(H,24,25). The molecule has 2 N–H and O–H groups in total. The maximum absolute atomic E-state index is 12.5. The van der Waals surface area contributed by atoms with Gasteiger partial charge in [0.2, 0.25) is 0 Å². The van der Waals surface area contributed by atoms with Gasteiger partial charge in [-0.1, -0.05) is 11.8 Å². The number of H-pyrrole nitrogens is 1. The monoisotopic (exact) mass is 440 g/mol. The Labute approximate surface area is 176 Å². The number of halogens is 2. The maximum atomic E-state index is 12.5. The minimum absolute atomic E-state index is 0.0589. The molecule has 10 heteroatoms. The summed E-state index contributed by atoms with van der Waals surface area (Å²) < 4.78 is 34.9. The number of hydrogen-bond acceptors (Lipinski definition) is 6. The van der Waals surface area contributed by atoms with Crippen LogP contribution in [0.1, 0.15) is 46.0 Å². The smallest absolute Gasteiger partial charge is 0.355 e. The number of nitrogens with one attached hydrogen (secondary N) is 2. The predicted octanol–water partition coefficient (Wildman–Crippen LogP) is 4.31. The molecule has 1 amide bonds. The number of carbonyl (C=O) groups excluding carboxylic acids is 3. The molecule has 0 aliphatic rings. The van der Waals surface area contributed by atoms with Gasteiger partial charge >= 0.3 is 11.9 Å². The number of thioether (sulfide) groups is 1. The van der Waals surface area contributed by atoms with E-state index >= 15 is 0 Å². The highest BCUT2D eigenvalue weighted by molar-refractivity contribution is 7.99. The lowest BCUT2D eigenvalue weighted by molar-refractivity contribution is -0.123. The van der Waals surface area contributed by atoms with Crippen LogP contribution in [-0.4, -0.2) is 41.3 Å². The molecule has 0 fully saturated rings. The van der Waals surface area contributed by atoms with Crippen molar-refractivity contribution in [2.75, 3.05) is 11.9 Å². The van der Waals surface area contributed by atoms with Crippen molar-refractivity contribution in [2.24, 2.45) is 0 Å². The summed E-state index contributed by atoms with van der Waals surface area (Å²) in [6, 6.07) is 5.85. The lowest BCUT2D eigenvalue weighted by Gasteiger charge is -2.13. The van der Waals surface area contributed by atoms with Gasteiger partial charge in [-0.15, -0.1) is 0 Å². The first-order valence-electron chi connectivity index (χ1n) is 9.07. The molecule has 0 saturated heterocycles. The predicted molar refractivity (Wildman–Crippen MR) is 108 cm³/mol. The van der Waals surface area contributed by atoms with E-state index in [1.165, 1.54) is 31.2 Å². The normalized spacial score (nSPS) is 11.8. The first-order valence-corrected chi connectivity index (χ1v) is 9.95. The second-order valence-corrected chi connectivity index (χ2v) is 7.35. The van der Waals surface area contributed by atoms with Gasteiger partial charge in [0, 0.05) is 16.3 Å². The number of ether oxygens (including phenoxy) is 2. The lowest BCUT2D eigenvalue weighted by atomic mass is 10.1. The van der Waals surface area contributed by atoms with Gasteiger partial charge in [-0.05, 0) is 57.5 Å². The quantitative estimate of drug-likeness (QED) is 0.469. The van der Waals surface area contributed by atoms with Gasteiger partial charge in [0.25, 0.3) is 11.7 Å². The second kappa shape index (κ2) is 10.2. The molecule has 0 radical (unpaired) electrons. The molecule has 162 valence electrons. The number of anilines is 1. The maximum Gasteiger partial charge on any atom is 0.355 e. The van der Waals surface area contributed by atoms with Crippen molar-refractivity contribution in [3.05, 3.63) is 46.8 Å². The molecule has 0 aliphatic carbocycles. The highest BCUT2D eigenvalue weighted by atomic mass is 32.2. The Kier molecular flexibility index (Phi) is 7.99. The summed E-state index contributed by atoms with van der Waals surface area (Å²) >= 11 is 0.396. The third-order valence-electron chi connectivity index (χ3n) is 4.12. The fourth-order valence-corrected chi connectivity index (χ4v) is 3.20. The van der Waals surface area contributed by atoms with Crippen LogP contribution in [0.4, 0.5) is 14.5 Å². The number of carbonyl (C=O) groups is 3. The highest BCUT2D eigenvalue weighted by Gasteiger charge is 2.26. The van der Waals surface area contributed by atoms with E-state index in [-0.39, 0.29) is 17.9 Å². The number of esters is 2. The van der Waals surface area contributed by atoms with E-state index in [0.29, 0.717) is 33.6 Å². The van der Waals surface area contributed by atoms with E-state index in [2.05, 4.69) is 10.3 Å². The highest BCUT2D eigenvalue weighted by Crippen LogP contribution is 2.26. The van der Waals surface area contributed by atoms with E-state index in [9.17, 15) is 23.2 Å². The van der Waals surface area contributed by atoms with E-state index in [0.717, 1.165) is 0 Å². The largest absolute Gasteiger partial charge is 0.462 e. The van der Waals surface area contributed by atoms with Crippen molar-refractivity contribution < 1.29 is 32.6 Å². The van der Waals surface area contributed by atoms with Crippen LogP contribution in [0.3, 0.4) is 0 Å². The number of aryl methyl sites for hydroxylation is 1. The number of hydrogen-bond donors (Lipinski definition) is 2. The molecular weight excluding hydrogens is 418 g/mol. The van der Waals surface area contributed by atoms with Gasteiger partial charge in [-0.3, -0.25) is 4.79 Å². The zero-order valence-corrected chi connectivity index (χ0v) is 17.7. The van der Waals surface area contributed by atoms with Crippen LogP contribution >= 0.6 is 11.8 Å². The second-order valence-electron chi connectivity index (χ2n) is 6.29. The lowest BCUT2D eigenvalue weighted by Crippen LogP contribution is -2.30. The van der Waals surface area contributed by atoms with Crippen molar-refractivity contribution in [2.45, 2.75) is 44.5 Å². The van der Waals surface area contributed by atoms with Gasteiger partial charge in [0.1, 0.15) is 5.69 Å². The Morgan fingerprint density at radius 3 is 2.33 bits per heavy atom. The molecule has 1 unspecified atom stereocenters. The average Bonchev–Trinajstić information content (AvgIpc) is 2.97. The fraction of sp³-hybridized carbons (Fsp3) is 0.350. The Bertz CT molecular complexity index is 928. The molecule has 1 aromatic carbocycles. The van der Waals surface area contributed by atoms with Crippen molar-refractivity contribution in [3.8, 4) is 0 Å². The molecule has 1 heterocycles. The number of aromatic amines is 1. The molecule has 7 nitrogen and oxygen atoms in total. The molecule has 0 bridgehead atoms. The summed E-state index contributed by atoms with van der Waals surface area (Å²) in [4.78, 5) is 40.0. The number of benzene rings is 1. The van der Waals surface area contributed by atoms with Gasteiger partial charge in [-0.25, -0.2) is 9.59 Å². The Balaban J connectivity index is 2.02. The molecule has 1 aromatic heterocycles. The van der Waals surface area contributed by atoms with Crippen molar-refractivity contribution in [3.63, 3.8) is 0 Å². The molecule has 0 saturated carbocycles. The molecule has 2 rings (SSSR count). The van der Waals surface area contributed by atoms with Crippen LogP contribution in [0.25, 0.3) is 0 Å². The van der Waals surface area contributed by atoms with Gasteiger partial charge < -0.3 is 19.8 Å². The van der Waals surface area contributed by atoms with Crippen LogP contribution in [0.5, 0.6) is 0 Å². The van der Waals surface area contributed by atoms with E-state index in [1.807, 2.05) is 0 Å². The number of aromatic nitrogens is 1. The summed E-state index contributed by atoms with van der Waals surface area (Å²) in [5.74, 6) is -4.47. The first kappa shape index (κ1) is 23.4. The summed E-state index contributed by atoms with van der Waals surface area (Å²) in [5, 5.41) is 2.55. The third kappa shape index (κ3) is 5.82. The van der Waals surface area contributed by atoms with Crippen molar-refractivity contribution >= 4 is 35.3 Å². The summed E-state index contributed by atoms with van der Waals surface area (Å²) in [6.07, 6.45) is -1.14. The van der Waals surface area contributed by atoms with Crippen LogP contribution in [0.15, 0.2) is 29.2 Å². The van der Waals surface area contributed by atoms with Crippen LogP contribution < -0.4 is 5.32 Å². The van der Waals surface area contributed by atoms with E-state index in [4.69, 9.17) is 9.47 Å². The molecule has 2 aromatic rings. The summed E-state index contributed by atoms with van der Waals surface area (Å²) in [7, 11) is 0. The fourth-order valence-electron chi connectivity index (χ4n) is 2.70.